The predicted octanol–water partition coefficient (Wildman–Crippen LogP) is 1.91. The van der Waals surface area contributed by atoms with E-state index in [9.17, 15) is 0 Å². The van der Waals surface area contributed by atoms with Crippen molar-refractivity contribution in [3.63, 3.8) is 0 Å². The molecular weight excluding hydrogens is 160 g/mol. The van der Waals surface area contributed by atoms with Crippen LogP contribution in [0.4, 0.5) is 0 Å². The molecule has 78 valence electrons. The summed E-state index contributed by atoms with van der Waals surface area (Å²) in [7, 11) is 0. The first kappa shape index (κ1) is 11.0. The lowest BCUT2D eigenvalue weighted by atomic mass is 10.1. The summed E-state index contributed by atoms with van der Waals surface area (Å²) in [6.45, 7) is 6.92. The highest BCUT2D eigenvalue weighted by Crippen LogP contribution is 2.05. The van der Waals surface area contributed by atoms with E-state index in [1.807, 2.05) is 0 Å². The second-order valence-corrected chi connectivity index (χ2v) is 4.10. The molecule has 2 atom stereocenters. The number of nitrogens with one attached hydrogen (secondary N) is 2. The maximum absolute atomic E-state index is 3.65. The molecular formula is C11H24N2. The van der Waals surface area contributed by atoms with Crippen LogP contribution in [-0.4, -0.2) is 25.2 Å². The zero-order valence-electron chi connectivity index (χ0n) is 9.10. The first-order valence-electron chi connectivity index (χ1n) is 5.83. The highest BCUT2D eigenvalue weighted by atomic mass is 15.0. The van der Waals surface area contributed by atoms with Gasteiger partial charge in [-0.15, -0.1) is 0 Å². The Morgan fingerprint density at radius 1 is 1.46 bits per heavy atom. The Labute approximate surface area is 82.5 Å². The standard InChI is InChI=1S/C11H24N2/c1-3-6-10(4-2)13-9-11-7-5-8-12-11/h10-13H,3-9H2,1-2H3. The molecule has 1 fully saturated rings. The second-order valence-electron chi connectivity index (χ2n) is 4.10. The molecule has 2 heteroatoms. The van der Waals surface area contributed by atoms with Gasteiger partial charge >= 0.3 is 0 Å². The molecule has 2 N–H and O–H groups in total. The van der Waals surface area contributed by atoms with Crippen molar-refractivity contribution in [1.82, 2.24) is 10.6 Å². The van der Waals surface area contributed by atoms with Gasteiger partial charge in [0.2, 0.25) is 0 Å². The molecule has 0 aliphatic carbocycles. The number of rotatable bonds is 6. The van der Waals surface area contributed by atoms with Crippen molar-refractivity contribution in [2.24, 2.45) is 0 Å². The largest absolute Gasteiger partial charge is 0.313 e. The van der Waals surface area contributed by atoms with Gasteiger partial charge < -0.3 is 10.6 Å². The Hall–Kier alpha value is -0.0800. The van der Waals surface area contributed by atoms with Gasteiger partial charge in [0, 0.05) is 18.6 Å². The zero-order valence-corrected chi connectivity index (χ0v) is 9.10. The Kier molecular flexibility index (Phi) is 5.40. The average Bonchev–Trinajstić information content (AvgIpc) is 2.64. The molecule has 1 heterocycles. The van der Waals surface area contributed by atoms with Crippen LogP contribution in [0.3, 0.4) is 0 Å². The third-order valence-corrected chi connectivity index (χ3v) is 2.95. The number of hydrogen-bond acceptors (Lipinski definition) is 2. The topological polar surface area (TPSA) is 24.1 Å². The van der Waals surface area contributed by atoms with Crippen LogP contribution >= 0.6 is 0 Å². The van der Waals surface area contributed by atoms with Crippen molar-refractivity contribution in [3.05, 3.63) is 0 Å². The molecule has 1 aliphatic heterocycles. The lowest BCUT2D eigenvalue weighted by molar-refractivity contribution is 0.428. The van der Waals surface area contributed by atoms with Gasteiger partial charge in [-0.05, 0) is 32.2 Å². The molecule has 0 aromatic heterocycles. The van der Waals surface area contributed by atoms with Gasteiger partial charge in [-0.25, -0.2) is 0 Å². The Morgan fingerprint density at radius 2 is 2.31 bits per heavy atom. The van der Waals surface area contributed by atoms with Gasteiger partial charge in [-0.3, -0.25) is 0 Å². The maximum atomic E-state index is 3.65. The minimum absolute atomic E-state index is 0.742. The summed E-state index contributed by atoms with van der Waals surface area (Å²) in [6, 6.07) is 1.48. The summed E-state index contributed by atoms with van der Waals surface area (Å²) in [5.74, 6) is 0. The van der Waals surface area contributed by atoms with Gasteiger partial charge in [-0.2, -0.15) is 0 Å². The van der Waals surface area contributed by atoms with Crippen LogP contribution in [0, 0.1) is 0 Å². The minimum Gasteiger partial charge on any atom is -0.313 e. The molecule has 0 amide bonds. The van der Waals surface area contributed by atoms with E-state index in [0.29, 0.717) is 0 Å². The normalized spacial score (nSPS) is 24.9. The highest BCUT2D eigenvalue weighted by Gasteiger charge is 2.14. The van der Waals surface area contributed by atoms with E-state index < -0.39 is 0 Å². The number of hydrogen-bond donors (Lipinski definition) is 2. The smallest absolute Gasteiger partial charge is 0.0193 e. The van der Waals surface area contributed by atoms with Gasteiger partial charge in [-0.1, -0.05) is 20.3 Å². The van der Waals surface area contributed by atoms with Crippen molar-refractivity contribution < 1.29 is 0 Å². The van der Waals surface area contributed by atoms with Crippen molar-refractivity contribution in [2.45, 2.75) is 58.0 Å². The first-order chi connectivity index (χ1) is 6.36. The van der Waals surface area contributed by atoms with Crippen molar-refractivity contribution >= 4 is 0 Å². The molecule has 13 heavy (non-hydrogen) atoms. The molecule has 2 unspecified atom stereocenters. The van der Waals surface area contributed by atoms with Gasteiger partial charge in [0.25, 0.3) is 0 Å². The van der Waals surface area contributed by atoms with Crippen LogP contribution in [0.5, 0.6) is 0 Å². The third-order valence-electron chi connectivity index (χ3n) is 2.95. The molecule has 1 rings (SSSR count). The second kappa shape index (κ2) is 6.39. The summed E-state index contributed by atoms with van der Waals surface area (Å²) in [5.41, 5.74) is 0. The van der Waals surface area contributed by atoms with E-state index in [4.69, 9.17) is 0 Å². The summed E-state index contributed by atoms with van der Waals surface area (Å²) in [4.78, 5) is 0. The van der Waals surface area contributed by atoms with E-state index in [1.54, 1.807) is 0 Å². The third kappa shape index (κ3) is 4.10. The fourth-order valence-electron chi connectivity index (χ4n) is 2.04. The van der Waals surface area contributed by atoms with E-state index in [-0.39, 0.29) is 0 Å². The van der Waals surface area contributed by atoms with Crippen LogP contribution < -0.4 is 10.6 Å². The van der Waals surface area contributed by atoms with Crippen molar-refractivity contribution in [2.75, 3.05) is 13.1 Å². The first-order valence-corrected chi connectivity index (χ1v) is 5.83. The van der Waals surface area contributed by atoms with Crippen LogP contribution in [0.2, 0.25) is 0 Å². The summed E-state index contributed by atoms with van der Waals surface area (Å²) in [6.07, 6.45) is 6.60. The van der Waals surface area contributed by atoms with Crippen LogP contribution in [0.1, 0.15) is 46.0 Å². The summed E-state index contributed by atoms with van der Waals surface area (Å²) >= 11 is 0. The molecule has 0 radical (unpaired) electrons. The van der Waals surface area contributed by atoms with E-state index in [2.05, 4.69) is 24.5 Å². The molecule has 1 saturated heterocycles. The van der Waals surface area contributed by atoms with Crippen LogP contribution in [0.25, 0.3) is 0 Å². The minimum atomic E-state index is 0.742. The summed E-state index contributed by atoms with van der Waals surface area (Å²) < 4.78 is 0. The Balaban J connectivity index is 2.07. The fraction of sp³-hybridized carbons (Fsp3) is 1.00. The molecule has 0 spiro atoms. The van der Waals surface area contributed by atoms with Crippen molar-refractivity contribution in [1.29, 1.82) is 0 Å². The van der Waals surface area contributed by atoms with Crippen LogP contribution in [0.15, 0.2) is 0 Å². The van der Waals surface area contributed by atoms with Crippen molar-refractivity contribution in [3.8, 4) is 0 Å². The van der Waals surface area contributed by atoms with Crippen LogP contribution in [-0.2, 0) is 0 Å². The van der Waals surface area contributed by atoms with Gasteiger partial charge in [0.1, 0.15) is 0 Å². The molecule has 1 aliphatic rings. The SMILES string of the molecule is CCCC(CC)NCC1CCCN1. The summed E-state index contributed by atoms with van der Waals surface area (Å²) in [5, 5.41) is 7.17. The molecule has 0 saturated carbocycles. The van der Waals surface area contributed by atoms with E-state index in [1.165, 1.54) is 45.2 Å². The Morgan fingerprint density at radius 3 is 2.85 bits per heavy atom. The monoisotopic (exact) mass is 184 g/mol. The quantitative estimate of drug-likeness (QED) is 0.659. The molecule has 0 aromatic rings. The lowest BCUT2D eigenvalue weighted by Crippen LogP contribution is -2.39. The molecule has 2 nitrogen and oxygen atoms in total. The molecule has 0 bridgehead atoms. The average molecular weight is 184 g/mol. The predicted molar refractivity (Wildman–Crippen MR) is 58.0 cm³/mol. The van der Waals surface area contributed by atoms with Gasteiger partial charge in [0.05, 0.1) is 0 Å². The van der Waals surface area contributed by atoms with E-state index >= 15 is 0 Å². The highest BCUT2D eigenvalue weighted by molar-refractivity contribution is 4.78. The Bertz CT molecular complexity index is 119. The lowest BCUT2D eigenvalue weighted by Gasteiger charge is -2.19. The van der Waals surface area contributed by atoms with Gasteiger partial charge in [0.15, 0.2) is 0 Å². The maximum Gasteiger partial charge on any atom is 0.0193 e. The zero-order chi connectivity index (χ0) is 9.52. The van der Waals surface area contributed by atoms with E-state index in [0.717, 1.165) is 12.1 Å². The fourth-order valence-corrected chi connectivity index (χ4v) is 2.04. The molecule has 0 aromatic carbocycles.